The van der Waals surface area contributed by atoms with Crippen molar-refractivity contribution in [2.45, 2.75) is 20.0 Å². The summed E-state index contributed by atoms with van der Waals surface area (Å²) < 4.78 is 41.6. The maximum Gasteiger partial charge on any atom is 0.416 e. The first-order valence-electron chi connectivity index (χ1n) is 9.15. The molecule has 1 heterocycles. The van der Waals surface area contributed by atoms with E-state index >= 15 is 0 Å². The Labute approximate surface area is 185 Å². The van der Waals surface area contributed by atoms with Gasteiger partial charge in [0.15, 0.2) is 0 Å². The number of benzene rings is 2. The summed E-state index contributed by atoms with van der Waals surface area (Å²) in [6, 6.07) is 15.6. The highest BCUT2D eigenvalue weighted by Gasteiger charge is 2.30. The smallest absolute Gasteiger partial charge is 0.321 e. The van der Waals surface area contributed by atoms with Gasteiger partial charge in [0, 0.05) is 27.2 Å². The molecule has 0 saturated carbocycles. The van der Waals surface area contributed by atoms with Crippen LogP contribution in [-0.4, -0.2) is 10.5 Å². The van der Waals surface area contributed by atoms with Crippen LogP contribution in [0, 0.1) is 25.2 Å². The third kappa shape index (κ3) is 5.06. The molecule has 0 aliphatic carbocycles. The van der Waals surface area contributed by atoms with Crippen molar-refractivity contribution >= 4 is 33.6 Å². The van der Waals surface area contributed by atoms with Crippen molar-refractivity contribution in [3.63, 3.8) is 0 Å². The SMILES string of the molecule is Cc1cc(/C=C(\C#N)C(=O)Nc2cccc(C(F)(F)F)c2)c(C)n1-c1ccc(Br)cc1. The van der Waals surface area contributed by atoms with E-state index in [9.17, 15) is 23.2 Å². The van der Waals surface area contributed by atoms with Gasteiger partial charge in [-0.1, -0.05) is 22.0 Å². The molecule has 8 heteroatoms. The normalized spacial score (nSPS) is 11.8. The molecule has 0 radical (unpaired) electrons. The first-order chi connectivity index (χ1) is 14.6. The number of nitrogens with zero attached hydrogens (tertiary/aromatic N) is 2. The van der Waals surface area contributed by atoms with Gasteiger partial charge in [0.1, 0.15) is 11.6 Å². The minimum atomic E-state index is -4.53. The fourth-order valence-electron chi connectivity index (χ4n) is 3.20. The quantitative estimate of drug-likeness (QED) is 0.340. The topological polar surface area (TPSA) is 57.8 Å². The summed E-state index contributed by atoms with van der Waals surface area (Å²) in [6.45, 7) is 3.77. The summed E-state index contributed by atoms with van der Waals surface area (Å²) in [6.07, 6.45) is -3.10. The number of carbonyl (C=O) groups is 1. The molecule has 31 heavy (non-hydrogen) atoms. The lowest BCUT2D eigenvalue weighted by Crippen LogP contribution is -2.14. The van der Waals surface area contributed by atoms with Crippen molar-refractivity contribution in [3.8, 4) is 11.8 Å². The molecule has 3 rings (SSSR count). The number of carbonyl (C=O) groups excluding carboxylic acids is 1. The van der Waals surface area contributed by atoms with Crippen molar-refractivity contribution < 1.29 is 18.0 Å². The molecule has 1 amide bonds. The Kier molecular flexibility index (Phi) is 6.37. The Hall–Kier alpha value is -3.31. The van der Waals surface area contributed by atoms with Gasteiger partial charge in [0.05, 0.1) is 5.56 Å². The number of aryl methyl sites for hydroxylation is 1. The van der Waals surface area contributed by atoms with Crippen LogP contribution in [0.4, 0.5) is 18.9 Å². The fraction of sp³-hybridized carbons (Fsp3) is 0.130. The Morgan fingerprint density at radius 3 is 2.42 bits per heavy atom. The van der Waals surface area contributed by atoms with Gasteiger partial charge in [-0.15, -0.1) is 0 Å². The highest BCUT2D eigenvalue weighted by atomic mass is 79.9. The van der Waals surface area contributed by atoms with E-state index in [1.807, 2.05) is 54.8 Å². The molecular weight excluding hydrogens is 471 g/mol. The molecule has 0 unspecified atom stereocenters. The number of aromatic nitrogens is 1. The van der Waals surface area contributed by atoms with Gasteiger partial charge in [-0.3, -0.25) is 4.79 Å². The van der Waals surface area contributed by atoms with Crippen LogP contribution in [0.15, 0.2) is 64.6 Å². The van der Waals surface area contributed by atoms with Crippen molar-refractivity contribution in [2.75, 3.05) is 5.32 Å². The molecule has 1 N–H and O–H groups in total. The summed E-state index contributed by atoms with van der Waals surface area (Å²) in [5.74, 6) is -0.782. The predicted octanol–water partition coefficient (Wildman–Crippen LogP) is 6.42. The standard InChI is InChI=1S/C23H17BrF3N3O/c1-14-10-16(15(2)30(14)21-8-6-19(24)7-9-21)11-17(13-28)22(31)29-20-5-3-4-18(12-20)23(25,26)27/h3-12H,1-2H3,(H,29,31)/b17-11+. The van der Waals surface area contributed by atoms with Crippen LogP contribution in [0.1, 0.15) is 22.5 Å². The average Bonchev–Trinajstić information content (AvgIpc) is 2.99. The Balaban J connectivity index is 1.90. The van der Waals surface area contributed by atoms with E-state index in [0.29, 0.717) is 5.56 Å². The Morgan fingerprint density at radius 2 is 1.81 bits per heavy atom. The number of hydrogen-bond acceptors (Lipinski definition) is 2. The van der Waals surface area contributed by atoms with Crippen molar-refractivity contribution in [1.82, 2.24) is 4.57 Å². The van der Waals surface area contributed by atoms with Crippen molar-refractivity contribution in [1.29, 1.82) is 5.26 Å². The molecule has 4 nitrogen and oxygen atoms in total. The van der Waals surface area contributed by atoms with E-state index in [2.05, 4.69) is 21.2 Å². The molecule has 1 aromatic heterocycles. The maximum atomic E-state index is 12.9. The fourth-order valence-corrected chi connectivity index (χ4v) is 3.46. The third-order valence-electron chi connectivity index (χ3n) is 4.67. The van der Waals surface area contributed by atoms with Gasteiger partial charge in [-0.2, -0.15) is 18.4 Å². The summed E-state index contributed by atoms with van der Waals surface area (Å²) in [7, 11) is 0. The van der Waals surface area contributed by atoms with Crippen LogP contribution >= 0.6 is 15.9 Å². The number of amides is 1. The van der Waals surface area contributed by atoms with Gasteiger partial charge in [-0.05, 0) is 74.0 Å². The number of alkyl halides is 3. The Bertz CT molecular complexity index is 1200. The van der Waals surface area contributed by atoms with Crippen LogP contribution in [0.2, 0.25) is 0 Å². The van der Waals surface area contributed by atoms with Crippen LogP contribution in [-0.2, 0) is 11.0 Å². The second kappa shape index (κ2) is 8.82. The maximum absolute atomic E-state index is 12.9. The Morgan fingerprint density at radius 1 is 1.13 bits per heavy atom. The van der Waals surface area contributed by atoms with Crippen molar-refractivity contribution in [2.24, 2.45) is 0 Å². The average molecular weight is 488 g/mol. The number of nitrogens with one attached hydrogen (secondary N) is 1. The van der Waals surface area contributed by atoms with E-state index < -0.39 is 17.6 Å². The summed E-state index contributed by atoms with van der Waals surface area (Å²) in [5, 5.41) is 11.8. The van der Waals surface area contributed by atoms with Crippen LogP contribution in [0.3, 0.4) is 0 Å². The van der Waals surface area contributed by atoms with Gasteiger partial charge in [0.25, 0.3) is 5.91 Å². The largest absolute Gasteiger partial charge is 0.416 e. The first kappa shape index (κ1) is 22.4. The highest BCUT2D eigenvalue weighted by Crippen LogP contribution is 2.31. The molecule has 0 aliphatic heterocycles. The zero-order valence-corrected chi connectivity index (χ0v) is 18.2. The number of hydrogen-bond donors (Lipinski definition) is 1. The van der Waals surface area contributed by atoms with E-state index in [4.69, 9.17) is 0 Å². The molecule has 0 saturated heterocycles. The van der Waals surface area contributed by atoms with Crippen LogP contribution in [0.5, 0.6) is 0 Å². The molecule has 0 aliphatic rings. The van der Waals surface area contributed by atoms with Crippen LogP contribution < -0.4 is 5.32 Å². The van der Waals surface area contributed by atoms with Gasteiger partial charge < -0.3 is 9.88 Å². The lowest BCUT2D eigenvalue weighted by molar-refractivity contribution is -0.137. The van der Waals surface area contributed by atoms with Gasteiger partial charge in [-0.25, -0.2) is 0 Å². The molecule has 158 valence electrons. The molecule has 3 aromatic rings. The first-order valence-corrected chi connectivity index (χ1v) is 9.94. The van der Waals surface area contributed by atoms with E-state index in [-0.39, 0.29) is 11.3 Å². The van der Waals surface area contributed by atoms with E-state index in [0.717, 1.165) is 33.7 Å². The van der Waals surface area contributed by atoms with Gasteiger partial charge in [0.2, 0.25) is 0 Å². The number of anilines is 1. The second-order valence-electron chi connectivity index (χ2n) is 6.84. The summed E-state index contributed by atoms with van der Waals surface area (Å²) in [5.41, 5.74) is 2.17. The minimum absolute atomic E-state index is 0.0405. The number of nitriles is 1. The molecule has 0 spiro atoms. The van der Waals surface area contributed by atoms with Crippen LogP contribution in [0.25, 0.3) is 11.8 Å². The summed E-state index contributed by atoms with van der Waals surface area (Å²) in [4.78, 5) is 12.5. The minimum Gasteiger partial charge on any atom is -0.321 e. The molecule has 0 fully saturated rings. The predicted molar refractivity (Wildman–Crippen MR) is 117 cm³/mol. The third-order valence-corrected chi connectivity index (χ3v) is 5.20. The lowest BCUT2D eigenvalue weighted by Gasteiger charge is -2.10. The second-order valence-corrected chi connectivity index (χ2v) is 7.76. The zero-order chi connectivity index (χ0) is 22.8. The molecule has 0 atom stereocenters. The summed E-state index contributed by atoms with van der Waals surface area (Å²) >= 11 is 3.40. The number of rotatable bonds is 4. The van der Waals surface area contributed by atoms with E-state index in [1.165, 1.54) is 18.2 Å². The highest BCUT2D eigenvalue weighted by molar-refractivity contribution is 9.10. The van der Waals surface area contributed by atoms with E-state index in [1.54, 1.807) is 0 Å². The van der Waals surface area contributed by atoms with Crippen molar-refractivity contribution in [3.05, 3.63) is 87.2 Å². The lowest BCUT2D eigenvalue weighted by atomic mass is 10.1. The zero-order valence-electron chi connectivity index (χ0n) is 16.6. The molecule has 0 bridgehead atoms. The monoisotopic (exact) mass is 487 g/mol. The molecular formula is C23H17BrF3N3O. The molecule has 2 aromatic carbocycles. The van der Waals surface area contributed by atoms with Gasteiger partial charge >= 0.3 is 6.18 Å². The number of halogens is 4.